The van der Waals surface area contributed by atoms with Crippen molar-refractivity contribution in [3.05, 3.63) is 76.0 Å². The number of carbonyl (C=O) groups excluding carboxylic acids is 2. The van der Waals surface area contributed by atoms with Crippen LogP contribution in [0.25, 0.3) is 0 Å². The first kappa shape index (κ1) is 24.4. The first-order valence-corrected chi connectivity index (χ1v) is 10.9. The maximum absolute atomic E-state index is 12.6. The first-order chi connectivity index (χ1) is 15.8. The molecule has 0 saturated heterocycles. The molecule has 0 radical (unpaired) electrons. The Kier molecular flexibility index (Phi) is 8.21. The van der Waals surface area contributed by atoms with E-state index < -0.39 is 5.91 Å². The quantitative estimate of drug-likeness (QED) is 0.427. The molecule has 0 unspecified atom stereocenters. The zero-order chi connectivity index (χ0) is 24.0. The molecule has 8 nitrogen and oxygen atoms in total. The number of aliphatic hydroxyl groups excluding tert-OH is 1. The van der Waals surface area contributed by atoms with Gasteiger partial charge in [0.2, 0.25) is 5.95 Å². The number of anilines is 3. The molecule has 0 saturated carbocycles. The second kappa shape index (κ2) is 11.1. The molecule has 3 aromatic rings. The van der Waals surface area contributed by atoms with E-state index in [2.05, 4.69) is 20.6 Å². The van der Waals surface area contributed by atoms with Crippen LogP contribution in [0.2, 0.25) is 10.0 Å². The molecule has 1 aromatic heterocycles. The molecule has 0 fully saturated rings. The van der Waals surface area contributed by atoms with Crippen molar-refractivity contribution in [2.75, 3.05) is 23.8 Å². The Morgan fingerprint density at radius 3 is 2.15 bits per heavy atom. The highest BCUT2D eigenvalue weighted by Gasteiger charge is 2.18. The van der Waals surface area contributed by atoms with Gasteiger partial charge in [-0.25, -0.2) is 9.97 Å². The molecule has 33 heavy (non-hydrogen) atoms. The van der Waals surface area contributed by atoms with Crippen LogP contribution in [0.15, 0.2) is 54.9 Å². The topological polar surface area (TPSA) is 107 Å². The number of hydrogen-bond donors (Lipinski definition) is 3. The fourth-order valence-electron chi connectivity index (χ4n) is 3.06. The maximum atomic E-state index is 12.6. The highest BCUT2D eigenvalue weighted by molar-refractivity contribution is 6.40. The van der Waals surface area contributed by atoms with Crippen LogP contribution in [0.3, 0.4) is 0 Å². The number of nitrogens with zero attached hydrogens (tertiary/aromatic N) is 3. The smallest absolute Gasteiger partial charge is 0.258 e. The summed E-state index contributed by atoms with van der Waals surface area (Å²) in [6.07, 6.45) is 2.90. The summed E-state index contributed by atoms with van der Waals surface area (Å²) in [7, 11) is 0. The Morgan fingerprint density at radius 2 is 1.61 bits per heavy atom. The lowest BCUT2D eigenvalue weighted by atomic mass is 10.1. The number of benzene rings is 2. The maximum Gasteiger partial charge on any atom is 0.258 e. The van der Waals surface area contributed by atoms with Gasteiger partial charge in [0.25, 0.3) is 11.8 Å². The van der Waals surface area contributed by atoms with Crippen LogP contribution in [0.4, 0.5) is 17.3 Å². The largest absolute Gasteiger partial charge is 0.395 e. The van der Waals surface area contributed by atoms with Gasteiger partial charge >= 0.3 is 0 Å². The van der Waals surface area contributed by atoms with Crippen molar-refractivity contribution in [3.8, 4) is 0 Å². The average molecular weight is 488 g/mol. The van der Waals surface area contributed by atoms with Gasteiger partial charge in [-0.2, -0.15) is 0 Å². The number of rotatable bonds is 8. The van der Waals surface area contributed by atoms with E-state index in [1.807, 2.05) is 13.8 Å². The molecule has 2 aromatic carbocycles. The van der Waals surface area contributed by atoms with Gasteiger partial charge in [0.05, 0.1) is 40.3 Å². The van der Waals surface area contributed by atoms with E-state index >= 15 is 0 Å². The van der Waals surface area contributed by atoms with Gasteiger partial charge in [0.15, 0.2) is 0 Å². The Hall–Kier alpha value is -3.20. The van der Waals surface area contributed by atoms with Crippen LogP contribution in [0.1, 0.15) is 34.6 Å². The molecule has 3 rings (SSSR count). The number of amides is 2. The number of aromatic nitrogens is 2. The number of hydrogen-bond acceptors (Lipinski definition) is 6. The molecule has 0 atom stereocenters. The minimum absolute atomic E-state index is 0.0243. The van der Waals surface area contributed by atoms with E-state index in [4.69, 9.17) is 23.2 Å². The summed E-state index contributed by atoms with van der Waals surface area (Å²) in [5.74, 6) is -0.306. The normalized spacial score (nSPS) is 10.7. The number of nitrogens with one attached hydrogen (secondary N) is 2. The van der Waals surface area contributed by atoms with Crippen LogP contribution in [0, 0.1) is 0 Å². The van der Waals surface area contributed by atoms with Crippen molar-refractivity contribution >= 4 is 52.3 Å². The van der Waals surface area contributed by atoms with Gasteiger partial charge in [-0.1, -0.05) is 29.3 Å². The lowest BCUT2D eigenvalue weighted by Crippen LogP contribution is -2.38. The Labute approximate surface area is 201 Å². The lowest BCUT2D eigenvalue weighted by Gasteiger charge is -2.26. The van der Waals surface area contributed by atoms with Crippen molar-refractivity contribution < 1.29 is 14.7 Å². The predicted octanol–water partition coefficient (Wildman–Crippen LogP) is 4.62. The highest BCUT2D eigenvalue weighted by Crippen LogP contribution is 2.25. The number of halogens is 2. The van der Waals surface area contributed by atoms with Gasteiger partial charge < -0.3 is 20.6 Å². The molecule has 1 heterocycles. The number of carbonyl (C=O) groups is 2. The summed E-state index contributed by atoms with van der Waals surface area (Å²) in [5.41, 5.74) is 1.75. The molecule has 172 valence electrons. The minimum Gasteiger partial charge on any atom is -0.395 e. The third-order valence-corrected chi connectivity index (χ3v) is 5.34. The molecule has 2 amide bonds. The van der Waals surface area contributed by atoms with Gasteiger partial charge in [-0.05, 0) is 50.2 Å². The third kappa shape index (κ3) is 6.19. The van der Waals surface area contributed by atoms with Crippen LogP contribution < -0.4 is 10.6 Å². The van der Waals surface area contributed by atoms with E-state index in [0.29, 0.717) is 22.9 Å². The Balaban J connectivity index is 1.64. The van der Waals surface area contributed by atoms with Gasteiger partial charge in [-0.15, -0.1) is 0 Å². The molecule has 0 bridgehead atoms. The van der Waals surface area contributed by atoms with Gasteiger partial charge in [-0.3, -0.25) is 9.59 Å². The SMILES string of the molecule is CC(C)N(CCO)C(=O)c1ccc(Nc2ncc(NC(=O)c3c(Cl)cccc3Cl)cn2)cc1. The van der Waals surface area contributed by atoms with Crippen molar-refractivity contribution in [2.45, 2.75) is 19.9 Å². The number of aliphatic hydroxyl groups is 1. The van der Waals surface area contributed by atoms with Crippen LogP contribution in [-0.2, 0) is 0 Å². The summed E-state index contributed by atoms with van der Waals surface area (Å²) in [5, 5.41) is 15.4. The summed E-state index contributed by atoms with van der Waals surface area (Å²) in [6.45, 7) is 3.98. The van der Waals surface area contributed by atoms with Crippen LogP contribution in [-0.4, -0.2) is 51.0 Å². The minimum atomic E-state index is -0.466. The standard InChI is InChI=1S/C23H23Cl2N5O3/c1-14(2)30(10-11-31)22(33)15-6-8-16(9-7-15)29-23-26-12-17(13-27-23)28-21(32)20-18(24)4-3-5-19(20)25/h3-9,12-14,31H,10-11H2,1-2H3,(H,28,32)(H,26,27,29). The molecule has 0 spiro atoms. The first-order valence-electron chi connectivity index (χ1n) is 10.2. The Bertz CT molecular complexity index is 1100. The van der Waals surface area contributed by atoms with E-state index in [1.165, 1.54) is 12.4 Å². The fourth-order valence-corrected chi connectivity index (χ4v) is 3.63. The second-order valence-corrected chi connectivity index (χ2v) is 8.18. The van der Waals surface area contributed by atoms with Crippen LogP contribution in [0.5, 0.6) is 0 Å². The summed E-state index contributed by atoms with van der Waals surface area (Å²) >= 11 is 12.1. The Morgan fingerprint density at radius 1 is 1.00 bits per heavy atom. The van der Waals surface area contributed by atoms with Gasteiger partial charge in [0, 0.05) is 23.8 Å². The zero-order valence-electron chi connectivity index (χ0n) is 18.0. The molecule has 0 aliphatic heterocycles. The fraction of sp³-hybridized carbons (Fsp3) is 0.217. The summed E-state index contributed by atoms with van der Waals surface area (Å²) in [4.78, 5) is 35.1. The van der Waals surface area contributed by atoms with Gasteiger partial charge in [0.1, 0.15) is 0 Å². The molecule has 0 aliphatic rings. The van der Waals surface area contributed by atoms with Crippen molar-refractivity contribution in [3.63, 3.8) is 0 Å². The van der Waals surface area contributed by atoms with Crippen molar-refractivity contribution in [2.24, 2.45) is 0 Å². The monoisotopic (exact) mass is 487 g/mol. The highest BCUT2D eigenvalue weighted by atomic mass is 35.5. The molecule has 3 N–H and O–H groups in total. The van der Waals surface area contributed by atoms with E-state index in [1.54, 1.807) is 47.4 Å². The van der Waals surface area contributed by atoms with Crippen molar-refractivity contribution in [1.29, 1.82) is 0 Å². The third-order valence-electron chi connectivity index (χ3n) is 4.71. The summed E-state index contributed by atoms with van der Waals surface area (Å²) < 4.78 is 0. The lowest BCUT2D eigenvalue weighted by molar-refractivity contribution is 0.0665. The molecular formula is C23H23Cl2N5O3. The summed E-state index contributed by atoms with van der Waals surface area (Å²) in [6, 6.07) is 11.7. The average Bonchev–Trinajstić information content (AvgIpc) is 2.78. The van der Waals surface area contributed by atoms with Crippen molar-refractivity contribution in [1.82, 2.24) is 14.9 Å². The molecular weight excluding hydrogens is 465 g/mol. The zero-order valence-corrected chi connectivity index (χ0v) is 19.6. The molecule has 0 aliphatic carbocycles. The van der Waals surface area contributed by atoms with E-state index in [0.717, 1.165) is 0 Å². The van der Waals surface area contributed by atoms with E-state index in [-0.39, 0.29) is 40.7 Å². The van der Waals surface area contributed by atoms with E-state index in [9.17, 15) is 14.7 Å². The van der Waals surface area contributed by atoms with Crippen LogP contribution >= 0.6 is 23.2 Å². The predicted molar refractivity (Wildman–Crippen MR) is 129 cm³/mol. The second-order valence-electron chi connectivity index (χ2n) is 7.36. The molecule has 10 heteroatoms.